The number of nitrogens with zero attached hydrogens (tertiary/aromatic N) is 2. The van der Waals surface area contributed by atoms with E-state index in [0.29, 0.717) is 26.4 Å². The number of hydrogen-bond donors (Lipinski definition) is 1. The minimum atomic E-state index is -0.503. The summed E-state index contributed by atoms with van der Waals surface area (Å²) < 4.78 is 17.6. The molecule has 0 radical (unpaired) electrons. The third-order valence-corrected chi connectivity index (χ3v) is 5.28. The van der Waals surface area contributed by atoms with Gasteiger partial charge in [0.05, 0.1) is 34.6 Å². The van der Waals surface area contributed by atoms with Crippen molar-refractivity contribution in [3.05, 3.63) is 29.4 Å². The van der Waals surface area contributed by atoms with Crippen molar-refractivity contribution in [3.63, 3.8) is 0 Å². The first-order chi connectivity index (χ1) is 14.4. The van der Waals surface area contributed by atoms with Gasteiger partial charge in [-0.25, -0.2) is 9.78 Å². The standard InChI is InChI=1S/C22H29N3O4S/c1-5-6-19-25-18-14-24-17-13-15(7-8-16(17)20(18)30-19)28-12-11-27-10-9-23-21(26)29-22(2,3)4/h7-8,13-14H,5-6,9-12H2,1-4H3,(H,23,26). The molecular formula is C22H29N3O4S. The molecule has 0 spiro atoms. The summed E-state index contributed by atoms with van der Waals surface area (Å²) in [6.45, 7) is 9.26. The lowest BCUT2D eigenvalue weighted by atomic mass is 10.2. The lowest BCUT2D eigenvalue weighted by molar-refractivity contribution is 0.0489. The number of carbonyl (C=O) groups excluding carboxylic acids is 1. The number of amides is 1. The average molecular weight is 432 g/mol. The molecule has 0 aliphatic rings. The number of hydrogen-bond acceptors (Lipinski definition) is 7. The van der Waals surface area contributed by atoms with Crippen molar-refractivity contribution >= 4 is 38.5 Å². The SMILES string of the molecule is CCCc1nc2cnc3cc(OCCOCCNC(=O)OC(C)(C)C)ccc3c2s1. The summed E-state index contributed by atoms with van der Waals surface area (Å²) >= 11 is 1.74. The Balaban J connectivity index is 1.44. The van der Waals surface area contributed by atoms with Gasteiger partial charge in [-0.15, -0.1) is 11.3 Å². The zero-order valence-corrected chi connectivity index (χ0v) is 18.8. The van der Waals surface area contributed by atoms with Gasteiger partial charge in [0, 0.05) is 18.0 Å². The largest absolute Gasteiger partial charge is 0.491 e. The number of aromatic nitrogens is 2. The molecule has 1 aromatic carbocycles. The fourth-order valence-corrected chi connectivity index (χ4v) is 4.04. The lowest BCUT2D eigenvalue weighted by Gasteiger charge is -2.19. The van der Waals surface area contributed by atoms with Crippen molar-refractivity contribution in [2.24, 2.45) is 0 Å². The van der Waals surface area contributed by atoms with Crippen LogP contribution in [0.4, 0.5) is 4.79 Å². The zero-order valence-electron chi connectivity index (χ0n) is 18.0. The van der Waals surface area contributed by atoms with Crippen LogP contribution >= 0.6 is 11.3 Å². The first kappa shape index (κ1) is 22.2. The number of ether oxygens (including phenoxy) is 3. The number of aryl methyl sites for hydroxylation is 1. The highest BCUT2D eigenvalue weighted by Gasteiger charge is 2.15. The smallest absolute Gasteiger partial charge is 0.407 e. The minimum absolute atomic E-state index is 0.389. The molecule has 0 fully saturated rings. The average Bonchev–Trinajstić information content (AvgIpc) is 3.09. The van der Waals surface area contributed by atoms with Gasteiger partial charge in [-0.2, -0.15) is 0 Å². The molecule has 0 aliphatic carbocycles. The number of thiazole rings is 1. The molecule has 0 aliphatic heterocycles. The van der Waals surface area contributed by atoms with Crippen LogP contribution in [0.25, 0.3) is 21.1 Å². The summed E-state index contributed by atoms with van der Waals surface area (Å²) in [7, 11) is 0. The second kappa shape index (κ2) is 10.0. The van der Waals surface area contributed by atoms with Crippen molar-refractivity contribution in [1.82, 2.24) is 15.3 Å². The molecule has 0 unspecified atom stereocenters. The fourth-order valence-electron chi connectivity index (χ4n) is 2.87. The molecule has 3 rings (SSSR count). The molecule has 0 saturated heterocycles. The highest BCUT2D eigenvalue weighted by atomic mass is 32.1. The number of alkyl carbamates (subject to hydrolysis) is 1. The van der Waals surface area contributed by atoms with Crippen LogP contribution < -0.4 is 10.1 Å². The van der Waals surface area contributed by atoms with E-state index in [2.05, 4.69) is 22.2 Å². The maximum Gasteiger partial charge on any atom is 0.407 e. The third-order valence-electron chi connectivity index (χ3n) is 4.11. The molecule has 0 atom stereocenters. The van der Waals surface area contributed by atoms with Crippen LogP contribution in [-0.4, -0.2) is 48.0 Å². The number of nitrogens with one attached hydrogen (secondary N) is 1. The van der Waals surface area contributed by atoms with Gasteiger partial charge in [0.15, 0.2) is 0 Å². The van der Waals surface area contributed by atoms with E-state index in [0.717, 1.165) is 40.0 Å². The summed E-state index contributed by atoms with van der Waals surface area (Å²) in [6.07, 6.45) is 3.47. The van der Waals surface area contributed by atoms with Crippen LogP contribution in [0.1, 0.15) is 39.1 Å². The molecule has 1 amide bonds. The zero-order chi connectivity index (χ0) is 21.6. The van der Waals surface area contributed by atoms with E-state index in [9.17, 15) is 4.79 Å². The van der Waals surface area contributed by atoms with Crippen LogP contribution in [-0.2, 0) is 15.9 Å². The number of pyridine rings is 1. The predicted molar refractivity (Wildman–Crippen MR) is 119 cm³/mol. The van der Waals surface area contributed by atoms with Gasteiger partial charge >= 0.3 is 6.09 Å². The highest BCUT2D eigenvalue weighted by Crippen LogP contribution is 2.31. The monoisotopic (exact) mass is 431 g/mol. The summed E-state index contributed by atoms with van der Waals surface area (Å²) in [5, 5.41) is 4.91. The van der Waals surface area contributed by atoms with Crippen molar-refractivity contribution in [1.29, 1.82) is 0 Å². The first-order valence-electron chi connectivity index (χ1n) is 10.2. The quantitative estimate of drug-likeness (QED) is 0.494. The summed E-state index contributed by atoms with van der Waals surface area (Å²) in [4.78, 5) is 20.7. The van der Waals surface area contributed by atoms with Crippen LogP contribution in [0, 0.1) is 0 Å². The van der Waals surface area contributed by atoms with Crippen molar-refractivity contribution in [3.8, 4) is 5.75 Å². The molecule has 8 heteroatoms. The van der Waals surface area contributed by atoms with E-state index >= 15 is 0 Å². The normalized spacial score (nSPS) is 11.7. The Hall–Kier alpha value is -2.45. The Labute approximate surface area is 180 Å². The van der Waals surface area contributed by atoms with Gasteiger partial charge in [-0.3, -0.25) is 4.98 Å². The molecule has 2 heterocycles. The minimum Gasteiger partial charge on any atom is -0.491 e. The Morgan fingerprint density at radius 2 is 2.00 bits per heavy atom. The molecular weight excluding hydrogens is 402 g/mol. The van der Waals surface area contributed by atoms with E-state index < -0.39 is 11.7 Å². The molecule has 2 aromatic heterocycles. The van der Waals surface area contributed by atoms with Gasteiger partial charge in [0.2, 0.25) is 0 Å². The number of fused-ring (bicyclic) bond motifs is 3. The van der Waals surface area contributed by atoms with E-state index in [1.165, 1.54) is 4.70 Å². The van der Waals surface area contributed by atoms with Gasteiger partial charge < -0.3 is 19.5 Å². The highest BCUT2D eigenvalue weighted by molar-refractivity contribution is 7.19. The second-order valence-corrected chi connectivity index (χ2v) is 8.98. The Morgan fingerprint density at radius 1 is 1.17 bits per heavy atom. The van der Waals surface area contributed by atoms with Crippen LogP contribution in [0.15, 0.2) is 24.4 Å². The fraction of sp³-hybridized carbons (Fsp3) is 0.500. The van der Waals surface area contributed by atoms with Gasteiger partial charge in [0.1, 0.15) is 23.5 Å². The van der Waals surface area contributed by atoms with Crippen molar-refractivity contribution in [2.75, 3.05) is 26.4 Å². The topological polar surface area (TPSA) is 82.6 Å². The van der Waals surface area contributed by atoms with Gasteiger partial charge in [0.25, 0.3) is 0 Å². The van der Waals surface area contributed by atoms with E-state index in [4.69, 9.17) is 14.2 Å². The van der Waals surface area contributed by atoms with Crippen LogP contribution in [0.3, 0.4) is 0 Å². The molecule has 0 saturated carbocycles. The molecule has 7 nitrogen and oxygen atoms in total. The molecule has 0 bridgehead atoms. The summed E-state index contributed by atoms with van der Waals surface area (Å²) in [6, 6.07) is 5.93. The predicted octanol–water partition coefficient (Wildman–Crippen LogP) is 4.72. The van der Waals surface area contributed by atoms with Crippen molar-refractivity contribution in [2.45, 2.75) is 46.1 Å². The Morgan fingerprint density at radius 3 is 2.77 bits per heavy atom. The van der Waals surface area contributed by atoms with E-state index in [1.54, 1.807) is 11.3 Å². The van der Waals surface area contributed by atoms with Crippen molar-refractivity contribution < 1.29 is 19.0 Å². The molecule has 162 valence electrons. The number of carbonyl (C=O) groups is 1. The van der Waals surface area contributed by atoms with Gasteiger partial charge in [-0.05, 0) is 45.7 Å². The van der Waals surface area contributed by atoms with E-state index in [-0.39, 0.29) is 0 Å². The molecule has 30 heavy (non-hydrogen) atoms. The van der Waals surface area contributed by atoms with Crippen LogP contribution in [0.2, 0.25) is 0 Å². The number of rotatable bonds is 9. The maximum atomic E-state index is 11.5. The lowest BCUT2D eigenvalue weighted by Crippen LogP contribution is -2.34. The van der Waals surface area contributed by atoms with E-state index in [1.807, 2.05) is 45.2 Å². The Kier molecular flexibility index (Phi) is 7.44. The van der Waals surface area contributed by atoms with Crippen LogP contribution in [0.5, 0.6) is 5.75 Å². The Bertz CT molecular complexity index is 997. The van der Waals surface area contributed by atoms with Gasteiger partial charge in [-0.1, -0.05) is 6.92 Å². The molecule has 3 aromatic rings. The third kappa shape index (κ3) is 6.27. The molecule has 1 N–H and O–H groups in total. The summed E-state index contributed by atoms with van der Waals surface area (Å²) in [5.41, 5.74) is 1.35. The number of benzene rings is 1. The second-order valence-electron chi connectivity index (χ2n) is 7.90. The summed E-state index contributed by atoms with van der Waals surface area (Å²) in [5.74, 6) is 0.753. The maximum absolute atomic E-state index is 11.5. The first-order valence-corrected chi connectivity index (χ1v) is 11.0.